The smallest absolute Gasteiger partial charge is 0.178 e. The Morgan fingerprint density at radius 3 is 2.36 bits per heavy atom. The number of benzene rings is 2. The summed E-state index contributed by atoms with van der Waals surface area (Å²) in [6.07, 6.45) is 2.22. The van der Waals surface area contributed by atoms with Gasteiger partial charge in [0.15, 0.2) is 21.0 Å². The molecule has 2 aliphatic rings. The fraction of sp³-hybridized carbons (Fsp3) is 0.292. The molecule has 0 bridgehead atoms. The van der Waals surface area contributed by atoms with Gasteiger partial charge >= 0.3 is 0 Å². The number of halogens is 1. The zero-order valence-corrected chi connectivity index (χ0v) is 20.2. The zero-order chi connectivity index (χ0) is 23.6. The summed E-state index contributed by atoms with van der Waals surface area (Å²) in [7, 11) is -2.44. The molecule has 2 aromatic carbocycles. The van der Waals surface area contributed by atoms with Crippen LogP contribution in [-0.2, 0) is 21.0 Å². The second kappa shape index (κ2) is 7.53. The third-order valence-corrected chi connectivity index (χ3v) is 8.79. The minimum Gasteiger partial charge on any atom is -0.495 e. The Kier molecular flexibility index (Phi) is 5.09. The van der Waals surface area contributed by atoms with Crippen LogP contribution in [0.3, 0.4) is 0 Å². The van der Waals surface area contributed by atoms with Crippen LogP contribution in [0.1, 0.15) is 22.6 Å². The number of aliphatic hydroxyl groups is 2. The lowest BCUT2D eigenvalue weighted by molar-refractivity contribution is -0.149. The lowest BCUT2D eigenvalue weighted by Crippen LogP contribution is -2.52. The molecule has 172 valence electrons. The molecule has 5 unspecified atom stereocenters. The van der Waals surface area contributed by atoms with E-state index >= 15 is 0 Å². The molecule has 1 aliphatic heterocycles. The lowest BCUT2D eigenvalue weighted by atomic mass is 9.71. The van der Waals surface area contributed by atoms with E-state index in [0.717, 1.165) is 10.7 Å². The fourth-order valence-corrected chi connectivity index (χ4v) is 7.28. The predicted octanol–water partition coefficient (Wildman–Crippen LogP) is 2.90. The topological polar surface area (TPSA) is 106 Å². The highest BCUT2D eigenvalue weighted by molar-refractivity contribution is 9.10. The first kappa shape index (κ1) is 22.3. The Hall–Kier alpha value is -2.46. The highest BCUT2D eigenvalue weighted by atomic mass is 79.9. The van der Waals surface area contributed by atoms with Crippen molar-refractivity contribution in [1.29, 1.82) is 0 Å². The maximum Gasteiger partial charge on any atom is 0.178 e. The van der Waals surface area contributed by atoms with E-state index in [1.165, 1.54) is 19.5 Å². The normalized spacial score (nSPS) is 30.4. The van der Waals surface area contributed by atoms with E-state index in [1.807, 2.05) is 6.07 Å². The Labute approximate surface area is 200 Å². The molecule has 0 spiro atoms. The summed E-state index contributed by atoms with van der Waals surface area (Å²) in [6, 6.07) is 16.1. The first-order valence-corrected chi connectivity index (χ1v) is 13.0. The van der Waals surface area contributed by atoms with Crippen molar-refractivity contribution < 1.29 is 28.1 Å². The van der Waals surface area contributed by atoms with Crippen molar-refractivity contribution >= 4 is 25.8 Å². The van der Waals surface area contributed by atoms with Gasteiger partial charge in [-0.2, -0.15) is 0 Å². The van der Waals surface area contributed by atoms with Gasteiger partial charge in [-0.3, -0.25) is 4.98 Å². The molecule has 0 amide bonds. The van der Waals surface area contributed by atoms with Crippen LogP contribution in [0.5, 0.6) is 11.5 Å². The standard InChI is InChI=1S/C24H22BrNO6S/c1-31-17-12-26-13-18-20(17)23(28)22(27)21(33(2,29)30)19(14-6-4-3-5-7-14)24(23,32-18)15-8-10-16(25)11-9-15/h3-13,19,21-22,27-28H,1-2H3. The number of fused-ring (bicyclic) bond motifs is 3. The summed E-state index contributed by atoms with van der Waals surface area (Å²) >= 11 is 3.43. The number of hydrogen-bond acceptors (Lipinski definition) is 7. The van der Waals surface area contributed by atoms with Crippen LogP contribution in [0.2, 0.25) is 0 Å². The first-order chi connectivity index (χ1) is 15.7. The second-order valence-corrected chi connectivity index (χ2v) is 11.6. The average molecular weight is 532 g/mol. The molecule has 0 saturated heterocycles. The molecular weight excluding hydrogens is 510 g/mol. The number of pyridine rings is 1. The highest BCUT2D eigenvalue weighted by Crippen LogP contribution is 2.68. The fourth-order valence-electron chi connectivity index (χ4n) is 5.51. The molecule has 2 N–H and O–H groups in total. The van der Waals surface area contributed by atoms with Crippen molar-refractivity contribution in [2.75, 3.05) is 13.4 Å². The maximum atomic E-state index is 13.1. The van der Waals surface area contributed by atoms with Gasteiger partial charge in [0.25, 0.3) is 0 Å². The molecule has 3 aromatic rings. The minimum atomic E-state index is -3.86. The average Bonchev–Trinajstić information content (AvgIpc) is 3.18. The molecule has 9 heteroatoms. The number of nitrogens with zero attached hydrogens (tertiary/aromatic N) is 1. The van der Waals surface area contributed by atoms with Gasteiger partial charge in [0.2, 0.25) is 0 Å². The van der Waals surface area contributed by atoms with Gasteiger partial charge in [0, 0.05) is 10.7 Å². The molecule has 7 nitrogen and oxygen atoms in total. The molecule has 2 heterocycles. The van der Waals surface area contributed by atoms with Crippen LogP contribution >= 0.6 is 15.9 Å². The monoisotopic (exact) mass is 531 g/mol. The number of rotatable bonds is 4. The lowest BCUT2D eigenvalue weighted by Gasteiger charge is -2.40. The molecule has 1 fully saturated rings. The molecule has 1 aromatic heterocycles. The Morgan fingerprint density at radius 2 is 1.76 bits per heavy atom. The van der Waals surface area contributed by atoms with Crippen LogP contribution in [0.25, 0.3) is 0 Å². The van der Waals surface area contributed by atoms with Gasteiger partial charge in [-0.1, -0.05) is 58.4 Å². The molecule has 5 atom stereocenters. The van der Waals surface area contributed by atoms with Crippen molar-refractivity contribution in [3.63, 3.8) is 0 Å². The summed E-state index contributed by atoms with van der Waals surface area (Å²) in [5, 5.41) is 22.7. The van der Waals surface area contributed by atoms with Crippen LogP contribution < -0.4 is 9.47 Å². The molecule has 0 radical (unpaired) electrons. The SMILES string of the molecule is COc1cncc2c1C1(O)C(O)C(S(C)(=O)=O)C(c3ccccc3)C1(c1ccc(Br)cc1)O2. The minimum absolute atomic E-state index is 0.183. The van der Waals surface area contributed by atoms with E-state index in [4.69, 9.17) is 9.47 Å². The summed E-state index contributed by atoms with van der Waals surface area (Å²) in [6.45, 7) is 0. The van der Waals surface area contributed by atoms with Gasteiger partial charge in [0.1, 0.15) is 22.9 Å². The van der Waals surface area contributed by atoms with Crippen LogP contribution in [0, 0.1) is 0 Å². The van der Waals surface area contributed by atoms with E-state index in [2.05, 4.69) is 20.9 Å². The van der Waals surface area contributed by atoms with Gasteiger partial charge in [-0.05, 0) is 23.3 Å². The first-order valence-electron chi connectivity index (χ1n) is 10.3. The maximum absolute atomic E-state index is 13.1. The Morgan fingerprint density at radius 1 is 1.09 bits per heavy atom. The van der Waals surface area contributed by atoms with Gasteiger partial charge in [-0.15, -0.1) is 0 Å². The molecule has 5 rings (SSSR count). The van der Waals surface area contributed by atoms with Crippen LogP contribution in [-0.4, -0.2) is 48.3 Å². The third kappa shape index (κ3) is 2.92. The van der Waals surface area contributed by atoms with Crippen molar-refractivity contribution in [3.05, 3.63) is 88.2 Å². The number of hydrogen-bond donors (Lipinski definition) is 2. The number of methoxy groups -OCH3 is 1. The zero-order valence-electron chi connectivity index (χ0n) is 17.8. The van der Waals surface area contributed by atoms with E-state index in [1.54, 1.807) is 48.5 Å². The number of ether oxygens (including phenoxy) is 2. The number of sulfone groups is 1. The van der Waals surface area contributed by atoms with Crippen molar-refractivity contribution in [2.24, 2.45) is 0 Å². The molecule has 1 saturated carbocycles. The van der Waals surface area contributed by atoms with Gasteiger partial charge < -0.3 is 19.7 Å². The van der Waals surface area contributed by atoms with E-state index in [-0.39, 0.29) is 17.1 Å². The summed E-state index contributed by atoms with van der Waals surface area (Å²) in [4.78, 5) is 4.15. The quantitative estimate of drug-likeness (QED) is 0.533. The highest BCUT2D eigenvalue weighted by Gasteiger charge is 2.78. The molecular formula is C24H22BrNO6S. The van der Waals surface area contributed by atoms with Gasteiger partial charge in [-0.25, -0.2) is 8.42 Å². The van der Waals surface area contributed by atoms with Crippen LogP contribution in [0.15, 0.2) is 71.5 Å². The van der Waals surface area contributed by atoms with Crippen LogP contribution in [0.4, 0.5) is 0 Å². The summed E-state index contributed by atoms with van der Waals surface area (Å²) in [5.74, 6) is -0.507. The van der Waals surface area contributed by atoms with E-state index in [0.29, 0.717) is 11.1 Å². The van der Waals surface area contributed by atoms with Crippen molar-refractivity contribution in [3.8, 4) is 11.5 Å². The second-order valence-electron chi connectivity index (χ2n) is 8.45. The summed E-state index contributed by atoms with van der Waals surface area (Å²) in [5.41, 5.74) is -2.49. The Bertz CT molecular complexity index is 1320. The predicted molar refractivity (Wildman–Crippen MR) is 125 cm³/mol. The van der Waals surface area contributed by atoms with Crippen molar-refractivity contribution in [1.82, 2.24) is 4.98 Å². The Balaban J connectivity index is 1.92. The number of aromatic nitrogens is 1. The molecule has 33 heavy (non-hydrogen) atoms. The van der Waals surface area contributed by atoms with E-state index < -0.39 is 38.3 Å². The molecule has 1 aliphatic carbocycles. The summed E-state index contributed by atoms with van der Waals surface area (Å²) < 4.78 is 39.0. The van der Waals surface area contributed by atoms with Crippen molar-refractivity contribution in [2.45, 2.75) is 28.5 Å². The third-order valence-electron chi connectivity index (χ3n) is 6.75. The number of aliphatic hydroxyl groups excluding tert-OH is 1. The van der Waals surface area contributed by atoms with E-state index in [9.17, 15) is 18.6 Å². The van der Waals surface area contributed by atoms with Gasteiger partial charge in [0.05, 0.1) is 31.0 Å². The largest absolute Gasteiger partial charge is 0.495 e.